The number of hydrogen-bond acceptors (Lipinski definition) is 2. The van der Waals surface area contributed by atoms with Crippen molar-refractivity contribution < 1.29 is 13.9 Å². The molecule has 1 aromatic carbocycles. The molecule has 0 saturated carbocycles. The van der Waals surface area contributed by atoms with Crippen LogP contribution in [-0.4, -0.2) is 20.6 Å². The van der Waals surface area contributed by atoms with E-state index in [0.29, 0.717) is 12.1 Å². The second-order valence-corrected chi connectivity index (χ2v) is 6.68. The molecule has 1 N–H and O–H groups in total. The van der Waals surface area contributed by atoms with Crippen LogP contribution in [0, 0.1) is 6.92 Å². The highest BCUT2D eigenvalue weighted by Crippen LogP contribution is 2.36. The molecule has 7 heteroatoms. The fourth-order valence-corrected chi connectivity index (χ4v) is 3.63. The zero-order chi connectivity index (χ0) is 14.2. The molecular formula is C12H14F2IN2OP. The number of aliphatic hydroxyl groups excluding tert-OH is 1. The van der Waals surface area contributed by atoms with Gasteiger partial charge in [-0.25, -0.2) is 13.2 Å². The second kappa shape index (κ2) is 5.58. The molecule has 0 fully saturated rings. The highest BCUT2D eigenvalue weighted by Gasteiger charge is 2.29. The summed E-state index contributed by atoms with van der Waals surface area (Å²) in [5.74, 6) is -2.91. The normalized spacial score (nSPS) is 14.6. The van der Waals surface area contributed by atoms with E-state index in [4.69, 9.17) is 0 Å². The first kappa shape index (κ1) is 15.1. The molecule has 2 aromatic rings. The van der Waals surface area contributed by atoms with Gasteiger partial charge in [-0.1, -0.05) is 12.1 Å². The largest absolute Gasteiger partial charge is 0.386 e. The third kappa shape index (κ3) is 3.23. The number of alkyl halides is 2. The van der Waals surface area contributed by atoms with Gasteiger partial charge in [0.05, 0.1) is 17.6 Å². The topological polar surface area (TPSA) is 38.1 Å². The van der Waals surface area contributed by atoms with Crippen LogP contribution in [0.5, 0.6) is 0 Å². The molecule has 19 heavy (non-hydrogen) atoms. The molecule has 0 bridgehead atoms. The number of aromatic nitrogens is 2. The number of rotatable bonds is 4. The van der Waals surface area contributed by atoms with Crippen LogP contribution in [0.1, 0.15) is 30.7 Å². The van der Waals surface area contributed by atoms with Crippen LogP contribution in [0.25, 0.3) is 10.9 Å². The zero-order valence-corrected chi connectivity index (χ0v) is 13.6. The molecular weight excluding hydrogens is 384 g/mol. The lowest BCUT2D eigenvalue weighted by Gasteiger charge is -2.14. The van der Waals surface area contributed by atoms with Gasteiger partial charge in [0.1, 0.15) is 6.10 Å². The Kier molecular flexibility index (Phi) is 4.42. The smallest absolute Gasteiger partial charge is 0.248 e. The summed E-state index contributed by atoms with van der Waals surface area (Å²) in [6.45, 7) is 2.70. The van der Waals surface area contributed by atoms with Gasteiger partial charge in [0.25, 0.3) is 0 Å². The zero-order valence-electron chi connectivity index (χ0n) is 10.5. The fourth-order valence-electron chi connectivity index (χ4n) is 2.11. The fraction of sp³-hybridized carbons (Fsp3) is 0.417. The van der Waals surface area contributed by atoms with E-state index in [1.54, 1.807) is 4.45 Å². The molecule has 0 aliphatic rings. The molecule has 104 valence electrons. The molecule has 0 aliphatic carbocycles. The summed E-state index contributed by atoms with van der Waals surface area (Å²) < 4.78 is 27.9. The van der Waals surface area contributed by atoms with Crippen LogP contribution in [0.15, 0.2) is 18.2 Å². The van der Waals surface area contributed by atoms with E-state index in [1.165, 1.54) is 0 Å². The predicted octanol–water partition coefficient (Wildman–Crippen LogP) is 4.22. The summed E-state index contributed by atoms with van der Waals surface area (Å²) in [4.78, 5) is 0. The van der Waals surface area contributed by atoms with Gasteiger partial charge < -0.3 is 5.11 Å². The van der Waals surface area contributed by atoms with Crippen molar-refractivity contribution in [2.45, 2.75) is 32.3 Å². The molecule has 2 atom stereocenters. The van der Waals surface area contributed by atoms with Crippen molar-refractivity contribution in [1.82, 2.24) is 9.55 Å². The quantitative estimate of drug-likeness (QED) is 0.619. The lowest BCUT2D eigenvalue weighted by Crippen LogP contribution is -2.15. The van der Waals surface area contributed by atoms with Crippen molar-refractivity contribution in [1.29, 1.82) is 0 Å². The Labute approximate surface area is 124 Å². The van der Waals surface area contributed by atoms with E-state index in [1.807, 2.05) is 25.1 Å². The summed E-state index contributed by atoms with van der Waals surface area (Å²) in [6.07, 6.45) is -1.51. The van der Waals surface area contributed by atoms with Gasteiger partial charge in [0, 0.05) is 11.8 Å². The maximum atomic E-state index is 13.1. The van der Waals surface area contributed by atoms with Gasteiger partial charge in [-0.2, -0.15) is 5.10 Å². The summed E-state index contributed by atoms with van der Waals surface area (Å²) in [7, 11) is 0. The number of halogens is 3. The standard InChI is InChI=1S/C12H14F2IN2OP/c1-7-4-3-5-8-10(7)11(16-17(8)19-15)9(18)6-12(2,13)14/h3-5,9,18-19H,6H2,1-2H3. The molecule has 0 aliphatic heterocycles. The van der Waals surface area contributed by atoms with Crippen LogP contribution < -0.4 is 0 Å². The summed E-state index contributed by atoms with van der Waals surface area (Å²) in [5.41, 5.74) is 2.16. The van der Waals surface area contributed by atoms with Crippen molar-refractivity contribution in [3.05, 3.63) is 29.5 Å². The minimum atomic E-state index is -2.91. The maximum Gasteiger partial charge on any atom is 0.248 e. The van der Waals surface area contributed by atoms with Gasteiger partial charge in [-0.05, 0) is 47.5 Å². The first-order valence-corrected chi connectivity index (χ1v) is 9.80. The summed E-state index contributed by atoms with van der Waals surface area (Å²) >= 11 is 2.18. The van der Waals surface area contributed by atoms with Crippen LogP contribution in [0.4, 0.5) is 8.78 Å². The molecule has 3 nitrogen and oxygen atoms in total. The Morgan fingerprint density at radius 2 is 2.21 bits per heavy atom. The summed E-state index contributed by atoms with van der Waals surface area (Å²) in [6, 6.07) is 5.68. The minimum absolute atomic E-state index is 0.346. The molecule has 0 spiro atoms. The van der Waals surface area contributed by atoms with Crippen LogP contribution in [-0.2, 0) is 0 Å². The SMILES string of the molecule is Cc1cccc2c1c(C(O)CC(C)(F)F)nn2PI. The first-order chi connectivity index (χ1) is 8.83. The Hall–Kier alpha value is -0.330. The molecule has 0 saturated heterocycles. The van der Waals surface area contributed by atoms with Gasteiger partial charge in [-0.3, -0.25) is 0 Å². The molecule has 1 aromatic heterocycles. The van der Waals surface area contributed by atoms with E-state index in [2.05, 4.69) is 27.1 Å². The van der Waals surface area contributed by atoms with E-state index in [-0.39, 0.29) is 0 Å². The average Bonchev–Trinajstić information content (AvgIpc) is 2.67. The Morgan fingerprint density at radius 3 is 2.79 bits per heavy atom. The van der Waals surface area contributed by atoms with Crippen molar-refractivity contribution >= 4 is 39.3 Å². The number of fused-ring (bicyclic) bond motifs is 1. The third-order valence-corrected chi connectivity index (χ3v) is 4.76. The van der Waals surface area contributed by atoms with E-state index in [9.17, 15) is 13.9 Å². The predicted molar refractivity (Wildman–Crippen MR) is 82.4 cm³/mol. The average molecular weight is 398 g/mol. The van der Waals surface area contributed by atoms with Crippen LogP contribution in [0.3, 0.4) is 0 Å². The van der Waals surface area contributed by atoms with Crippen molar-refractivity contribution in [2.75, 3.05) is 0 Å². The molecule has 1 heterocycles. The van der Waals surface area contributed by atoms with Gasteiger partial charge in [0.2, 0.25) is 5.92 Å². The lowest BCUT2D eigenvalue weighted by molar-refractivity contribution is -0.0291. The Morgan fingerprint density at radius 1 is 1.53 bits per heavy atom. The van der Waals surface area contributed by atoms with Crippen LogP contribution in [0.2, 0.25) is 0 Å². The van der Waals surface area contributed by atoms with Crippen molar-refractivity contribution in [2.24, 2.45) is 0 Å². The minimum Gasteiger partial charge on any atom is -0.386 e. The van der Waals surface area contributed by atoms with E-state index in [0.717, 1.165) is 23.4 Å². The Bertz CT molecular complexity index is 597. The number of nitrogens with zero attached hydrogens (tertiary/aromatic N) is 2. The second-order valence-electron chi connectivity index (χ2n) is 4.64. The van der Waals surface area contributed by atoms with Crippen molar-refractivity contribution in [3.63, 3.8) is 0 Å². The highest BCUT2D eigenvalue weighted by molar-refractivity contribution is 14.2. The Balaban J connectivity index is 2.54. The van der Waals surface area contributed by atoms with Gasteiger partial charge >= 0.3 is 0 Å². The maximum absolute atomic E-state index is 13.1. The third-order valence-electron chi connectivity index (χ3n) is 2.89. The molecule has 0 amide bonds. The monoisotopic (exact) mass is 398 g/mol. The highest BCUT2D eigenvalue weighted by atomic mass is 127. The van der Waals surface area contributed by atoms with E-state index < -0.39 is 18.4 Å². The summed E-state index contributed by atoms with van der Waals surface area (Å²) in [5, 5.41) is 15.1. The van der Waals surface area contributed by atoms with Gasteiger partial charge in [-0.15, -0.1) is 0 Å². The first-order valence-electron chi connectivity index (χ1n) is 5.74. The van der Waals surface area contributed by atoms with Gasteiger partial charge in [0.15, 0.2) is 0 Å². The molecule has 0 radical (unpaired) electrons. The molecule has 2 rings (SSSR count). The number of hydrogen-bond donors (Lipinski definition) is 1. The van der Waals surface area contributed by atoms with Crippen LogP contribution >= 0.6 is 28.4 Å². The number of benzene rings is 1. The van der Waals surface area contributed by atoms with E-state index >= 15 is 0 Å². The molecule has 2 unspecified atom stereocenters. The number of aryl methyl sites for hydroxylation is 1. The lowest BCUT2D eigenvalue weighted by atomic mass is 10.0. The number of aliphatic hydroxyl groups is 1. The van der Waals surface area contributed by atoms with Crippen molar-refractivity contribution in [3.8, 4) is 0 Å².